The number of methoxy groups -OCH3 is 1. The second kappa shape index (κ2) is 9.18. The zero-order chi connectivity index (χ0) is 17.4. The molecule has 0 heterocycles. The molecule has 0 saturated heterocycles. The molecule has 1 rings (SSSR count). The maximum atomic E-state index is 12.4. The molecule has 128 valence electrons. The Morgan fingerprint density at radius 2 is 1.61 bits per heavy atom. The standard InChI is InChI=1S/C18H27NO4/c1-13(2)19(14(3)4)18(21)23-16(17(20)22-5)12-11-15-9-7-6-8-10-15/h6-10,13-14,16H,11-12H2,1-5H3/t16-/m1/s1. The predicted octanol–water partition coefficient (Wildman–Crippen LogP) is 3.42. The molecule has 0 bridgehead atoms. The minimum Gasteiger partial charge on any atom is -0.466 e. The van der Waals surface area contributed by atoms with E-state index in [9.17, 15) is 9.59 Å². The lowest BCUT2D eigenvalue weighted by Gasteiger charge is -2.31. The van der Waals surface area contributed by atoms with Crippen LogP contribution in [-0.4, -0.2) is 42.3 Å². The first-order chi connectivity index (χ1) is 10.9. The van der Waals surface area contributed by atoms with Crippen molar-refractivity contribution < 1.29 is 19.1 Å². The molecule has 5 heteroatoms. The summed E-state index contributed by atoms with van der Waals surface area (Å²) in [6, 6.07) is 9.76. The molecule has 1 aromatic carbocycles. The maximum Gasteiger partial charge on any atom is 0.411 e. The number of hydrogen-bond acceptors (Lipinski definition) is 4. The highest BCUT2D eigenvalue weighted by Crippen LogP contribution is 2.13. The van der Waals surface area contributed by atoms with E-state index in [0.717, 1.165) is 5.56 Å². The van der Waals surface area contributed by atoms with Gasteiger partial charge in [-0.05, 0) is 46.1 Å². The zero-order valence-electron chi connectivity index (χ0n) is 14.6. The van der Waals surface area contributed by atoms with Crippen molar-refractivity contribution in [2.75, 3.05) is 7.11 Å². The molecule has 0 fully saturated rings. The first-order valence-electron chi connectivity index (χ1n) is 7.97. The van der Waals surface area contributed by atoms with Crippen molar-refractivity contribution in [1.29, 1.82) is 0 Å². The van der Waals surface area contributed by atoms with Gasteiger partial charge in [-0.3, -0.25) is 0 Å². The van der Waals surface area contributed by atoms with E-state index in [-0.39, 0.29) is 12.1 Å². The number of esters is 1. The van der Waals surface area contributed by atoms with Gasteiger partial charge in [0.05, 0.1) is 7.11 Å². The Bertz CT molecular complexity index is 491. The predicted molar refractivity (Wildman–Crippen MR) is 89.2 cm³/mol. The molecule has 23 heavy (non-hydrogen) atoms. The second-order valence-corrected chi connectivity index (χ2v) is 6.01. The molecule has 0 saturated carbocycles. The highest BCUT2D eigenvalue weighted by molar-refractivity contribution is 5.79. The number of nitrogens with zero attached hydrogens (tertiary/aromatic N) is 1. The molecule has 1 aromatic rings. The number of carbonyl (C=O) groups is 2. The van der Waals surface area contributed by atoms with Crippen LogP contribution in [0, 0.1) is 0 Å². The summed E-state index contributed by atoms with van der Waals surface area (Å²) in [5, 5.41) is 0. The quantitative estimate of drug-likeness (QED) is 0.722. The summed E-state index contributed by atoms with van der Waals surface area (Å²) < 4.78 is 10.2. The van der Waals surface area contributed by atoms with E-state index >= 15 is 0 Å². The molecule has 0 radical (unpaired) electrons. The van der Waals surface area contributed by atoms with Gasteiger partial charge < -0.3 is 14.4 Å². The molecule has 0 aliphatic carbocycles. The van der Waals surface area contributed by atoms with E-state index in [1.807, 2.05) is 58.0 Å². The Labute approximate surface area is 138 Å². The average molecular weight is 321 g/mol. The lowest BCUT2D eigenvalue weighted by atomic mass is 10.1. The fourth-order valence-corrected chi connectivity index (χ4v) is 2.50. The van der Waals surface area contributed by atoms with Crippen LogP contribution in [0.25, 0.3) is 0 Å². The molecule has 0 aliphatic rings. The second-order valence-electron chi connectivity index (χ2n) is 6.01. The summed E-state index contributed by atoms with van der Waals surface area (Å²) in [6.07, 6.45) is -0.352. The van der Waals surface area contributed by atoms with Crippen molar-refractivity contribution in [1.82, 2.24) is 4.90 Å². The lowest BCUT2D eigenvalue weighted by Crippen LogP contribution is -2.45. The number of benzene rings is 1. The van der Waals surface area contributed by atoms with Crippen LogP contribution in [0.3, 0.4) is 0 Å². The Balaban J connectivity index is 2.74. The van der Waals surface area contributed by atoms with Gasteiger partial charge in [-0.25, -0.2) is 9.59 Å². The summed E-state index contributed by atoms with van der Waals surface area (Å²) in [5.41, 5.74) is 1.09. The lowest BCUT2D eigenvalue weighted by molar-refractivity contribution is -0.151. The van der Waals surface area contributed by atoms with Crippen molar-refractivity contribution in [3.8, 4) is 0 Å². The molecular weight excluding hydrogens is 294 g/mol. The Morgan fingerprint density at radius 1 is 1.04 bits per heavy atom. The van der Waals surface area contributed by atoms with Crippen LogP contribution in [0.5, 0.6) is 0 Å². The fraction of sp³-hybridized carbons (Fsp3) is 0.556. The van der Waals surface area contributed by atoms with E-state index in [2.05, 4.69) is 0 Å². The van der Waals surface area contributed by atoms with E-state index in [4.69, 9.17) is 9.47 Å². The van der Waals surface area contributed by atoms with Crippen LogP contribution in [0.15, 0.2) is 30.3 Å². The van der Waals surface area contributed by atoms with E-state index in [0.29, 0.717) is 12.8 Å². The minimum atomic E-state index is -0.896. The number of rotatable bonds is 7. The summed E-state index contributed by atoms with van der Waals surface area (Å²) in [7, 11) is 1.30. The molecule has 0 aliphatic heterocycles. The van der Waals surface area contributed by atoms with Crippen molar-refractivity contribution >= 4 is 12.1 Å². The third-order valence-electron chi connectivity index (χ3n) is 3.57. The average Bonchev–Trinajstić information content (AvgIpc) is 2.50. The minimum absolute atomic E-state index is 0.00470. The van der Waals surface area contributed by atoms with Gasteiger partial charge in [0, 0.05) is 12.1 Å². The largest absolute Gasteiger partial charge is 0.466 e. The fourth-order valence-electron chi connectivity index (χ4n) is 2.50. The van der Waals surface area contributed by atoms with E-state index < -0.39 is 18.2 Å². The number of amides is 1. The highest BCUT2D eigenvalue weighted by Gasteiger charge is 2.29. The highest BCUT2D eigenvalue weighted by atomic mass is 16.6. The molecular formula is C18H27NO4. The Morgan fingerprint density at radius 3 is 2.09 bits per heavy atom. The van der Waals surface area contributed by atoms with Gasteiger partial charge >= 0.3 is 12.1 Å². The number of carbonyl (C=O) groups excluding carboxylic acids is 2. The molecule has 1 atom stereocenters. The maximum absolute atomic E-state index is 12.4. The summed E-state index contributed by atoms with van der Waals surface area (Å²) in [6.45, 7) is 7.66. The van der Waals surface area contributed by atoms with Gasteiger partial charge in [-0.1, -0.05) is 30.3 Å². The number of aryl methyl sites for hydroxylation is 1. The molecule has 5 nitrogen and oxygen atoms in total. The monoisotopic (exact) mass is 321 g/mol. The SMILES string of the molecule is COC(=O)[C@@H](CCc1ccccc1)OC(=O)N(C(C)C)C(C)C. The van der Waals surface area contributed by atoms with Crippen LogP contribution in [0.1, 0.15) is 39.7 Å². The van der Waals surface area contributed by atoms with E-state index in [1.165, 1.54) is 7.11 Å². The molecule has 0 spiro atoms. The third kappa shape index (κ3) is 5.93. The number of hydrogen-bond donors (Lipinski definition) is 0. The van der Waals surface area contributed by atoms with Gasteiger partial charge in [0.15, 0.2) is 0 Å². The molecule has 1 amide bonds. The summed E-state index contributed by atoms with van der Waals surface area (Å²) >= 11 is 0. The van der Waals surface area contributed by atoms with E-state index in [1.54, 1.807) is 4.90 Å². The Kier molecular flexibility index (Phi) is 7.59. The van der Waals surface area contributed by atoms with Gasteiger partial charge in [-0.2, -0.15) is 0 Å². The van der Waals surface area contributed by atoms with Crippen LogP contribution < -0.4 is 0 Å². The first kappa shape index (κ1) is 19.0. The van der Waals surface area contributed by atoms with Gasteiger partial charge in [0.1, 0.15) is 0 Å². The molecule has 0 aromatic heterocycles. The normalized spacial score (nSPS) is 12.1. The summed E-state index contributed by atoms with van der Waals surface area (Å²) in [4.78, 5) is 25.9. The van der Waals surface area contributed by atoms with Crippen molar-refractivity contribution in [2.45, 2.75) is 58.7 Å². The van der Waals surface area contributed by atoms with Crippen LogP contribution in [-0.2, 0) is 20.7 Å². The van der Waals surface area contributed by atoms with Gasteiger partial charge in [0.25, 0.3) is 0 Å². The molecule has 0 unspecified atom stereocenters. The number of ether oxygens (including phenoxy) is 2. The van der Waals surface area contributed by atoms with Gasteiger partial charge in [-0.15, -0.1) is 0 Å². The van der Waals surface area contributed by atoms with Crippen molar-refractivity contribution in [2.24, 2.45) is 0 Å². The van der Waals surface area contributed by atoms with Crippen LogP contribution in [0.2, 0.25) is 0 Å². The first-order valence-corrected chi connectivity index (χ1v) is 7.97. The van der Waals surface area contributed by atoms with Crippen LogP contribution >= 0.6 is 0 Å². The zero-order valence-corrected chi connectivity index (χ0v) is 14.6. The summed E-state index contributed by atoms with van der Waals surface area (Å²) in [5.74, 6) is -0.526. The third-order valence-corrected chi connectivity index (χ3v) is 3.57. The Hall–Kier alpha value is -2.04. The van der Waals surface area contributed by atoms with Crippen molar-refractivity contribution in [3.63, 3.8) is 0 Å². The smallest absolute Gasteiger partial charge is 0.411 e. The molecule has 0 N–H and O–H groups in total. The van der Waals surface area contributed by atoms with Gasteiger partial charge in [0.2, 0.25) is 6.10 Å². The topological polar surface area (TPSA) is 55.8 Å². The van der Waals surface area contributed by atoms with Crippen LogP contribution in [0.4, 0.5) is 4.79 Å². The van der Waals surface area contributed by atoms with Crippen molar-refractivity contribution in [3.05, 3.63) is 35.9 Å².